The molecule has 12 N–H and O–H groups in total. The maximum absolute atomic E-state index is 13.2. The Morgan fingerprint density at radius 2 is 1.00 bits per heavy atom. The van der Waals surface area contributed by atoms with Gasteiger partial charge in [0.05, 0.1) is 82.9 Å². The van der Waals surface area contributed by atoms with Crippen molar-refractivity contribution in [2.75, 3.05) is 85.7 Å². The van der Waals surface area contributed by atoms with Gasteiger partial charge in [-0.05, 0) is 47.0 Å². The normalized spacial score (nSPS) is 13.9. The maximum atomic E-state index is 13.2. The summed E-state index contributed by atoms with van der Waals surface area (Å²) < 4.78 is 39.7. The summed E-state index contributed by atoms with van der Waals surface area (Å²) in [6, 6.07) is -2.28. The smallest absolute Gasteiger partial charge is 0.331 e. The molecule has 0 heterocycles. The van der Waals surface area contributed by atoms with Gasteiger partial charge in [0.2, 0.25) is 29.5 Å². The summed E-state index contributed by atoms with van der Waals surface area (Å²) in [6.45, 7) is 11.8. The van der Waals surface area contributed by atoms with Crippen LogP contribution in [0.15, 0.2) is 0 Å². The van der Waals surface area contributed by atoms with E-state index in [1.807, 2.05) is 0 Å². The standard InChI is InChI=1S/C35H71N8O15P/c1-26(2)59(49,50)58-35(5,6)25-54-34(3,4)12-11-31(46)43-28(33(48)41-15-18-53-21-24-57-38)8-10-30(45)42-27(32(47)40-14-17-52-20-23-56-37)7-9-29(44)39-13-16-51-19-22-55-36/h26-28H,7-25,36-38H2,1-6H3,(H,39,44)(H,40,47)(H,41,48)(H,42,45)(H,43,46)(H,49,50). The second-order valence-corrected chi connectivity index (χ2v) is 17.1. The zero-order chi connectivity index (χ0) is 44.7. The lowest BCUT2D eigenvalue weighted by atomic mass is 10.0. The van der Waals surface area contributed by atoms with Crippen LogP contribution in [0.5, 0.6) is 0 Å². The SMILES string of the molecule is CC(C)P(=O)(O)OC(C)(C)COC(C)(C)CCC(=O)NC(CCC(=O)NC(CCC(=O)NCCOCCON)C(=O)NCCOCCON)C(=O)NCCOCCON. The van der Waals surface area contributed by atoms with Gasteiger partial charge >= 0.3 is 7.60 Å². The number of hydrogen-bond acceptors (Lipinski definition) is 17. The minimum atomic E-state index is -3.88. The molecule has 0 rings (SSSR count). The summed E-state index contributed by atoms with van der Waals surface area (Å²) in [5.41, 5.74) is -2.58. The monoisotopic (exact) mass is 874 g/mol. The minimum absolute atomic E-state index is 0.0407. The summed E-state index contributed by atoms with van der Waals surface area (Å²) in [5.74, 6) is 12.3. The van der Waals surface area contributed by atoms with Crippen LogP contribution in [0, 0.1) is 0 Å². The van der Waals surface area contributed by atoms with Gasteiger partial charge in [-0.15, -0.1) is 0 Å². The first-order chi connectivity index (χ1) is 27.8. The average Bonchev–Trinajstić information content (AvgIpc) is 3.17. The Morgan fingerprint density at radius 1 is 0.593 bits per heavy atom. The molecule has 0 aliphatic heterocycles. The lowest BCUT2D eigenvalue weighted by Crippen LogP contribution is -2.50. The third-order valence-corrected chi connectivity index (χ3v) is 10.2. The highest BCUT2D eigenvalue weighted by molar-refractivity contribution is 7.53. The van der Waals surface area contributed by atoms with Gasteiger partial charge in [-0.3, -0.25) is 33.1 Å². The van der Waals surface area contributed by atoms with Crippen molar-refractivity contribution in [2.45, 2.75) is 109 Å². The molecule has 23 nitrogen and oxygen atoms in total. The van der Waals surface area contributed by atoms with Crippen LogP contribution < -0.4 is 44.3 Å². The first-order valence-corrected chi connectivity index (χ1v) is 21.2. The number of nitrogens with two attached hydrogens (primary N) is 3. The van der Waals surface area contributed by atoms with E-state index in [0.717, 1.165) is 0 Å². The quantitative estimate of drug-likeness (QED) is 0.0196. The molecule has 0 aromatic heterocycles. The van der Waals surface area contributed by atoms with Crippen molar-refractivity contribution >= 4 is 37.1 Å². The molecule has 0 aromatic rings. The van der Waals surface area contributed by atoms with Crippen molar-refractivity contribution in [1.82, 2.24) is 26.6 Å². The Hall–Kier alpha value is -2.90. The number of amides is 5. The number of carbonyl (C=O) groups is 5. The number of carbonyl (C=O) groups excluding carboxylic acids is 5. The molecule has 0 saturated heterocycles. The molecule has 0 bridgehead atoms. The van der Waals surface area contributed by atoms with Crippen LogP contribution in [0.4, 0.5) is 0 Å². The van der Waals surface area contributed by atoms with Gasteiger partial charge < -0.3 is 64.9 Å². The maximum Gasteiger partial charge on any atom is 0.331 e. The number of nitrogens with one attached hydrogen (secondary N) is 5. The second-order valence-electron chi connectivity index (χ2n) is 14.8. The number of hydrogen-bond donors (Lipinski definition) is 9. The average molecular weight is 875 g/mol. The Labute approximate surface area is 347 Å². The first kappa shape index (κ1) is 56.1. The summed E-state index contributed by atoms with van der Waals surface area (Å²) in [4.78, 5) is 88.7. The van der Waals surface area contributed by atoms with E-state index in [9.17, 15) is 33.4 Å². The zero-order valence-electron chi connectivity index (χ0n) is 35.5. The molecule has 24 heteroatoms. The molecular weight excluding hydrogens is 803 g/mol. The Morgan fingerprint density at radius 3 is 1.42 bits per heavy atom. The van der Waals surface area contributed by atoms with E-state index in [1.54, 1.807) is 41.5 Å². The van der Waals surface area contributed by atoms with E-state index in [1.165, 1.54) is 0 Å². The Bertz CT molecular complexity index is 1270. The fourth-order valence-electron chi connectivity index (χ4n) is 4.68. The van der Waals surface area contributed by atoms with E-state index in [2.05, 4.69) is 41.1 Å². The summed E-state index contributed by atoms with van der Waals surface area (Å²) in [7, 11) is -3.88. The Balaban J connectivity index is 5.57. The van der Waals surface area contributed by atoms with Crippen molar-refractivity contribution in [1.29, 1.82) is 0 Å². The van der Waals surface area contributed by atoms with Crippen LogP contribution in [-0.4, -0.2) is 149 Å². The van der Waals surface area contributed by atoms with E-state index in [-0.39, 0.29) is 130 Å². The molecular formula is C35H71N8O15P. The van der Waals surface area contributed by atoms with Crippen molar-refractivity contribution in [3.05, 3.63) is 0 Å². The summed E-state index contributed by atoms with van der Waals surface area (Å²) in [6.07, 6.45) is -0.456. The molecule has 5 amide bonds. The summed E-state index contributed by atoms with van der Waals surface area (Å²) in [5, 5.41) is 13.3. The molecule has 0 aliphatic carbocycles. The highest BCUT2D eigenvalue weighted by Gasteiger charge is 2.35. The van der Waals surface area contributed by atoms with Gasteiger partial charge in [-0.1, -0.05) is 13.8 Å². The van der Waals surface area contributed by atoms with E-state index >= 15 is 0 Å². The van der Waals surface area contributed by atoms with Crippen molar-refractivity contribution in [3.63, 3.8) is 0 Å². The van der Waals surface area contributed by atoms with Gasteiger partial charge in [-0.25, -0.2) is 17.7 Å². The van der Waals surface area contributed by atoms with Crippen LogP contribution in [0.3, 0.4) is 0 Å². The molecule has 0 spiro atoms. The molecule has 0 radical (unpaired) electrons. The van der Waals surface area contributed by atoms with E-state index in [4.69, 9.17) is 41.2 Å². The molecule has 3 unspecified atom stereocenters. The largest absolute Gasteiger partial charge is 0.377 e. The molecule has 3 atom stereocenters. The fourth-order valence-corrected chi connectivity index (χ4v) is 5.65. The minimum Gasteiger partial charge on any atom is -0.377 e. The second kappa shape index (κ2) is 31.9. The van der Waals surface area contributed by atoms with E-state index < -0.39 is 60.2 Å². The highest BCUT2D eigenvalue weighted by Crippen LogP contribution is 2.50. The van der Waals surface area contributed by atoms with Gasteiger partial charge in [0.15, 0.2) is 0 Å². The fraction of sp³-hybridized carbons (Fsp3) is 0.857. The van der Waals surface area contributed by atoms with E-state index in [0.29, 0.717) is 0 Å². The highest BCUT2D eigenvalue weighted by atomic mass is 31.2. The molecule has 0 aliphatic rings. The number of rotatable bonds is 37. The van der Waals surface area contributed by atoms with Crippen molar-refractivity contribution < 1.29 is 71.4 Å². The lowest BCUT2D eigenvalue weighted by molar-refractivity contribution is -0.132. The topological polar surface area (TPSA) is 335 Å². The van der Waals surface area contributed by atoms with Crippen molar-refractivity contribution in [3.8, 4) is 0 Å². The third kappa shape index (κ3) is 29.9. The molecule has 0 saturated carbocycles. The third-order valence-electron chi connectivity index (χ3n) is 8.12. The predicted molar refractivity (Wildman–Crippen MR) is 214 cm³/mol. The molecule has 59 heavy (non-hydrogen) atoms. The lowest BCUT2D eigenvalue weighted by Gasteiger charge is -2.33. The first-order valence-electron chi connectivity index (χ1n) is 19.6. The summed E-state index contributed by atoms with van der Waals surface area (Å²) >= 11 is 0. The van der Waals surface area contributed by atoms with Crippen LogP contribution in [-0.2, 0) is 66.5 Å². The van der Waals surface area contributed by atoms with Gasteiger partial charge in [0, 0.05) is 38.9 Å². The van der Waals surface area contributed by atoms with Crippen LogP contribution in [0.2, 0.25) is 0 Å². The Kier molecular flexibility index (Phi) is 30.3. The van der Waals surface area contributed by atoms with Crippen LogP contribution in [0.1, 0.15) is 80.1 Å². The van der Waals surface area contributed by atoms with Gasteiger partial charge in [0.1, 0.15) is 12.1 Å². The predicted octanol–water partition coefficient (Wildman–Crippen LogP) is -1.45. The van der Waals surface area contributed by atoms with Crippen LogP contribution in [0.25, 0.3) is 0 Å². The number of ether oxygens (including phenoxy) is 4. The zero-order valence-corrected chi connectivity index (χ0v) is 36.4. The van der Waals surface area contributed by atoms with Crippen LogP contribution >= 0.6 is 7.60 Å². The molecule has 0 fully saturated rings. The molecule has 0 aromatic carbocycles. The van der Waals surface area contributed by atoms with Crippen molar-refractivity contribution in [2.24, 2.45) is 17.7 Å². The van der Waals surface area contributed by atoms with Gasteiger partial charge in [-0.2, -0.15) is 0 Å². The molecule has 346 valence electrons. The van der Waals surface area contributed by atoms with Gasteiger partial charge in [0.25, 0.3) is 0 Å².